The molecule has 0 radical (unpaired) electrons. The standard InChI is InChI=1S/C11H14F3NO2/c12-11(13,14)7-16-6-8-3-4-17-10(8)5-15-9-1-2-9/h3-4,9,15H,1-2,5-7H2. The molecule has 1 aromatic heterocycles. The maximum Gasteiger partial charge on any atom is 0.411 e. The van der Waals surface area contributed by atoms with E-state index in [1.54, 1.807) is 6.07 Å². The summed E-state index contributed by atoms with van der Waals surface area (Å²) in [4.78, 5) is 0. The van der Waals surface area contributed by atoms with Gasteiger partial charge in [-0.1, -0.05) is 0 Å². The molecule has 0 aromatic carbocycles. The first-order valence-electron chi connectivity index (χ1n) is 5.48. The predicted molar refractivity (Wildman–Crippen MR) is 54.3 cm³/mol. The van der Waals surface area contributed by atoms with E-state index in [0.29, 0.717) is 23.9 Å². The van der Waals surface area contributed by atoms with Gasteiger partial charge in [0.15, 0.2) is 0 Å². The fourth-order valence-electron chi connectivity index (χ4n) is 1.45. The Hall–Kier alpha value is -1.01. The van der Waals surface area contributed by atoms with Crippen LogP contribution in [0.25, 0.3) is 0 Å². The SMILES string of the molecule is FC(F)(F)COCc1ccoc1CNC1CC1. The Morgan fingerprint density at radius 3 is 2.82 bits per heavy atom. The first kappa shape index (κ1) is 12.4. The molecular formula is C11H14F3NO2. The summed E-state index contributed by atoms with van der Waals surface area (Å²) in [5, 5.41) is 3.23. The van der Waals surface area contributed by atoms with Crippen LogP contribution >= 0.6 is 0 Å². The Labute approximate surface area is 96.9 Å². The van der Waals surface area contributed by atoms with E-state index in [-0.39, 0.29) is 6.61 Å². The molecule has 17 heavy (non-hydrogen) atoms. The number of alkyl halides is 3. The van der Waals surface area contributed by atoms with Crippen LogP contribution in [-0.4, -0.2) is 18.8 Å². The van der Waals surface area contributed by atoms with Crippen molar-refractivity contribution in [1.82, 2.24) is 5.32 Å². The topological polar surface area (TPSA) is 34.4 Å². The third-order valence-corrected chi connectivity index (χ3v) is 2.49. The number of furan rings is 1. The first-order chi connectivity index (χ1) is 8.04. The third kappa shape index (κ3) is 4.40. The highest BCUT2D eigenvalue weighted by molar-refractivity contribution is 5.16. The van der Waals surface area contributed by atoms with Gasteiger partial charge in [-0.05, 0) is 18.9 Å². The Morgan fingerprint density at radius 2 is 2.18 bits per heavy atom. The van der Waals surface area contributed by atoms with E-state index in [9.17, 15) is 13.2 Å². The van der Waals surface area contributed by atoms with Gasteiger partial charge in [0.1, 0.15) is 12.4 Å². The molecule has 96 valence electrons. The summed E-state index contributed by atoms with van der Waals surface area (Å²) >= 11 is 0. The normalized spacial score (nSPS) is 16.4. The lowest BCUT2D eigenvalue weighted by atomic mass is 10.2. The molecule has 1 aliphatic rings. The molecule has 2 rings (SSSR count). The maximum atomic E-state index is 11.9. The van der Waals surface area contributed by atoms with Crippen molar-refractivity contribution < 1.29 is 22.3 Å². The molecule has 0 amide bonds. The molecular weight excluding hydrogens is 235 g/mol. The van der Waals surface area contributed by atoms with E-state index < -0.39 is 12.8 Å². The van der Waals surface area contributed by atoms with Crippen LogP contribution in [-0.2, 0) is 17.9 Å². The molecule has 0 atom stereocenters. The van der Waals surface area contributed by atoms with Gasteiger partial charge in [-0.15, -0.1) is 0 Å². The smallest absolute Gasteiger partial charge is 0.411 e. The molecule has 1 aliphatic carbocycles. The molecule has 1 heterocycles. The molecule has 1 saturated carbocycles. The van der Waals surface area contributed by atoms with Gasteiger partial charge in [0, 0.05) is 11.6 Å². The van der Waals surface area contributed by atoms with Crippen molar-refractivity contribution >= 4 is 0 Å². The summed E-state index contributed by atoms with van der Waals surface area (Å²) in [6.45, 7) is -0.756. The predicted octanol–water partition coefficient (Wildman–Crippen LogP) is 2.61. The first-order valence-corrected chi connectivity index (χ1v) is 5.48. The Balaban J connectivity index is 1.76. The lowest BCUT2D eigenvalue weighted by molar-refractivity contribution is -0.176. The lowest BCUT2D eigenvalue weighted by Gasteiger charge is -2.08. The Morgan fingerprint density at radius 1 is 1.41 bits per heavy atom. The van der Waals surface area contributed by atoms with Crippen LogP contribution < -0.4 is 5.32 Å². The molecule has 1 aromatic rings. The van der Waals surface area contributed by atoms with Gasteiger partial charge in [0.05, 0.1) is 19.4 Å². The quantitative estimate of drug-likeness (QED) is 0.841. The molecule has 0 aliphatic heterocycles. The minimum absolute atomic E-state index is 0.0717. The van der Waals surface area contributed by atoms with E-state index in [1.807, 2.05) is 0 Å². The van der Waals surface area contributed by atoms with Crippen LogP contribution in [0, 0.1) is 0 Å². The van der Waals surface area contributed by atoms with Crippen molar-refractivity contribution in [2.75, 3.05) is 6.61 Å². The Kier molecular flexibility index (Phi) is 3.73. The number of hydrogen-bond donors (Lipinski definition) is 1. The summed E-state index contributed by atoms with van der Waals surface area (Å²) in [6.07, 6.45) is -0.506. The van der Waals surface area contributed by atoms with Gasteiger partial charge in [0.2, 0.25) is 0 Å². The van der Waals surface area contributed by atoms with Crippen molar-refractivity contribution in [2.24, 2.45) is 0 Å². The van der Waals surface area contributed by atoms with E-state index in [2.05, 4.69) is 10.1 Å². The minimum atomic E-state index is -4.28. The van der Waals surface area contributed by atoms with Gasteiger partial charge in [-0.3, -0.25) is 0 Å². The zero-order valence-electron chi connectivity index (χ0n) is 9.22. The van der Waals surface area contributed by atoms with Crippen molar-refractivity contribution in [3.63, 3.8) is 0 Å². The molecule has 3 nitrogen and oxygen atoms in total. The third-order valence-electron chi connectivity index (χ3n) is 2.49. The number of nitrogens with one attached hydrogen (secondary N) is 1. The molecule has 0 bridgehead atoms. The summed E-state index contributed by atoms with van der Waals surface area (Å²) in [6, 6.07) is 2.17. The largest absolute Gasteiger partial charge is 0.468 e. The molecule has 1 fully saturated rings. The van der Waals surface area contributed by atoms with E-state index in [4.69, 9.17) is 4.42 Å². The number of rotatable bonds is 6. The van der Waals surface area contributed by atoms with E-state index >= 15 is 0 Å². The summed E-state index contributed by atoms with van der Waals surface area (Å²) in [5.74, 6) is 0.652. The molecule has 0 saturated heterocycles. The van der Waals surface area contributed by atoms with Gasteiger partial charge in [-0.2, -0.15) is 13.2 Å². The number of halogens is 3. The second-order valence-corrected chi connectivity index (χ2v) is 4.13. The monoisotopic (exact) mass is 249 g/mol. The second-order valence-electron chi connectivity index (χ2n) is 4.13. The molecule has 0 spiro atoms. The van der Waals surface area contributed by atoms with Crippen LogP contribution in [0.5, 0.6) is 0 Å². The van der Waals surface area contributed by atoms with Crippen LogP contribution in [0.2, 0.25) is 0 Å². The molecule has 0 unspecified atom stereocenters. The van der Waals surface area contributed by atoms with Crippen LogP contribution in [0.4, 0.5) is 13.2 Å². The highest BCUT2D eigenvalue weighted by atomic mass is 19.4. The van der Waals surface area contributed by atoms with Crippen LogP contribution in [0.3, 0.4) is 0 Å². The van der Waals surface area contributed by atoms with Crippen molar-refractivity contribution in [1.29, 1.82) is 0 Å². The Bertz CT molecular complexity index is 358. The summed E-state index contributed by atoms with van der Waals surface area (Å²) < 4.78 is 45.5. The number of ether oxygens (including phenoxy) is 1. The lowest BCUT2D eigenvalue weighted by Crippen LogP contribution is -2.18. The van der Waals surface area contributed by atoms with Gasteiger partial charge in [-0.25, -0.2) is 0 Å². The summed E-state index contributed by atoms with van der Waals surface area (Å²) in [5.41, 5.74) is 0.669. The van der Waals surface area contributed by atoms with Crippen LogP contribution in [0.1, 0.15) is 24.2 Å². The zero-order chi connectivity index (χ0) is 12.3. The van der Waals surface area contributed by atoms with Gasteiger partial charge < -0.3 is 14.5 Å². The minimum Gasteiger partial charge on any atom is -0.468 e. The average molecular weight is 249 g/mol. The van der Waals surface area contributed by atoms with Gasteiger partial charge in [0.25, 0.3) is 0 Å². The highest BCUT2D eigenvalue weighted by Crippen LogP contribution is 2.21. The van der Waals surface area contributed by atoms with E-state index in [1.165, 1.54) is 6.26 Å². The van der Waals surface area contributed by atoms with Gasteiger partial charge >= 0.3 is 6.18 Å². The summed E-state index contributed by atoms with van der Waals surface area (Å²) in [7, 11) is 0. The zero-order valence-corrected chi connectivity index (χ0v) is 9.22. The van der Waals surface area contributed by atoms with Crippen molar-refractivity contribution in [3.05, 3.63) is 23.7 Å². The average Bonchev–Trinajstić information content (AvgIpc) is 2.95. The molecule has 6 heteroatoms. The fraction of sp³-hybridized carbons (Fsp3) is 0.636. The highest BCUT2D eigenvalue weighted by Gasteiger charge is 2.27. The van der Waals surface area contributed by atoms with Crippen molar-refractivity contribution in [3.8, 4) is 0 Å². The number of hydrogen-bond acceptors (Lipinski definition) is 3. The fourth-order valence-corrected chi connectivity index (χ4v) is 1.45. The van der Waals surface area contributed by atoms with Crippen molar-refractivity contribution in [2.45, 2.75) is 38.2 Å². The van der Waals surface area contributed by atoms with E-state index in [0.717, 1.165) is 12.8 Å². The van der Waals surface area contributed by atoms with Crippen LogP contribution in [0.15, 0.2) is 16.7 Å². The maximum absolute atomic E-state index is 11.9. The second kappa shape index (κ2) is 5.10. The molecule has 1 N–H and O–H groups in total.